The molecule has 6 nitrogen and oxygen atoms in total. The highest BCUT2D eigenvalue weighted by atomic mass is 35.5. The highest BCUT2D eigenvalue weighted by molar-refractivity contribution is 7.27. The van der Waals surface area contributed by atoms with Crippen molar-refractivity contribution >= 4 is 37.7 Å². The number of benzene rings is 1. The third-order valence-electron chi connectivity index (χ3n) is 5.77. The van der Waals surface area contributed by atoms with Gasteiger partial charge in [-0.05, 0) is 51.5 Å². The third kappa shape index (κ3) is 7.24. The number of nitrogens with zero attached hydrogens (tertiary/aromatic N) is 2. The summed E-state index contributed by atoms with van der Waals surface area (Å²) in [6.45, 7) is 7.00. The summed E-state index contributed by atoms with van der Waals surface area (Å²) in [6, 6.07) is 5.85. The number of carbonyl (C=O) groups excluding carboxylic acids is 2. The molecule has 0 spiro atoms. The second-order valence-electron chi connectivity index (χ2n) is 8.90. The number of carbonyl (C=O) groups is 2. The van der Waals surface area contributed by atoms with Gasteiger partial charge in [-0.1, -0.05) is 30.7 Å². The molecule has 0 saturated heterocycles. The maximum Gasteiger partial charge on any atom is 0.218 e. The average molecular weight is 514 g/mol. The molecule has 186 valence electrons. The molecule has 2 rings (SSSR count). The number of hydrogen-bond acceptors (Lipinski definition) is 6. The van der Waals surface area contributed by atoms with Crippen LogP contribution in [-0.2, 0) is 10.2 Å². The van der Waals surface area contributed by atoms with Crippen molar-refractivity contribution in [3.8, 4) is 5.88 Å². The Hall–Kier alpha value is -2.02. The van der Waals surface area contributed by atoms with E-state index < -0.39 is 41.5 Å². The van der Waals surface area contributed by atoms with Gasteiger partial charge in [0, 0.05) is 18.2 Å². The second kappa shape index (κ2) is 12.1. The molecule has 0 amide bonds. The van der Waals surface area contributed by atoms with Crippen LogP contribution < -0.4 is 15.4 Å². The monoisotopic (exact) mass is 513 g/mol. The minimum absolute atomic E-state index is 0.0280. The molecule has 1 aromatic heterocycles. The molecule has 0 aliphatic rings. The Labute approximate surface area is 206 Å². The van der Waals surface area contributed by atoms with Gasteiger partial charge in [0.2, 0.25) is 17.5 Å². The van der Waals surface area contributed by atoms with E-state index in [-0.39, 0.29) is 41.3 Å². The summed E-state index contributed by atoms with van der Waals surface area (Å²) < 4.78 is 34.1. The predicted octanol–water partition coefficient (Wildman–Crippen LogP) is 4.24. The zero-order valence-corrected chi connectivity index (χ0v) is 21.9. The van der Waals surface area contributed by atoms with Crippen LogP contribution in [0.15, 0.2) is 24.3 Å². The summed E-state index contributed by atoms with van der Waals surface area (Å²) in [5.41, 5.74) is -1.04. The fraction of sp³-hybridized carbons (Fsp3) is 0.500. The van der Waals surface area contributed by atoms with Crippen LogP contribution in [0.2, 0.25) is 5.15 Å². The van der Waals surface area contributed by atoms with Crippen LogP contribution in [0.5, 0.6) is 5.88 Å². The highest BCUT2D eigenvalue weighted by Crippen LogP contribution is 2.29. The zero-order chi connectivity index (χ0) is 25.6. The first-order valence-electron chi connectivity index (χ1n) is 11.0. The molecule has 0 saturated carbocycles. The van der Waals surface area contributed by atoms with Crippen molar-refractivity contribution in [2.24, 2.45) is 5.92 Å². The Bertz CT molecular complexity index is 1020. The van der Waals surface area contributed by atoms with Gasteiger partial charge in [0.25, 0.3) is 0 Å². The van der Waals surface area contributed by atoms with Crippen molar-refractivity contribution in [1.29, 1.82) is 0 Å². The molecular formula is C24H31ClF2N3O3P. The topological polar surface area (TPSA) is 81.2 Å². The van der Waals surface area contributed by atoms with E-state index in [1.807, 2.05) is 6.92 Å². The summed E-state index contributed by atoms with van der Waals surface area (Å²) in [7, 11) is 4.09. The van der Waals surface area contributed by atoms with Gasteiger partial charge in [-0.25, -0.2) is 13.8 Å². The van der Waals surface area contributed by atoms with Crippen molar-refractivity contribution in [2.45, 2.75) is 58.2 Å². The predicted molar refractivity (Wildman–Crippen MR) is 132 cm³/mol. The van der Waals surface area contributed by atoms with Gasteiger partial charge in [0.15, 0.2) is 5.78 Å². The maximum absolute atomic E-state index is 14.4. The van der Waals surface area contributed by atoms with Crippen LogP contribution in [0, 0.1) is 11.7 Å². The van der Waals surface area contributed by atoms with E-state index in [1.165, 1.54) is 12.1 Å². The van der Waals surface area contributed by atoms with Crippen molar-refractivity contribution in [3.63, 3.8) is 0 Å². The van der Waals surface area contributed by atoms with Crippen molar-refractivity contribution < 1.29 is 23.1 Å². The molecule has 2 aromatic rings. The number of halogens is 3. The van der Waals surface area contributed by atoms with Crippen LogP contribution >= 0.6 is 20.8 Å². The molecular weight excluding hydrogens is 483 g/mol. The number of hydrogen-bond donors (Lipinski definition) is 1. The van der Waals surface area contributed by atoms with Crippen molar-refractivity contribution in [3.05, 3.63) is 46.6 Å². The molecule has 0 fully saturated rings. The van der Waals surface area contributed by atoms with Gasteiger partial charge in [0.1, 0.15) is 23.2 Å². The van der Waals surface area contributed by atoms with Crippen LogP contribution in [-0.4, -0.2) is 47.4 Å². The number of nitrogens with one attached hydrogen (secondary N) is 1. The van der Waals surface area contributed by atoms with Gasteiger partial charge >= 0.3 is 0 Å². The second-order valence-corrected chi connectivity index (χ2v) is 9.90. The Morgan fingerprint density at radius 2 is 1.94 bits per heavy atom. The minimum Gasteiger partial charge on any atom is -0.474 e. The van der Waals surface area contributed by atoms with Crippen LogP contribution in [0.4, 0.5) is 8.78 Å². The quantitative estimate of drug-likeness (QED) is 0.198. The summed E-state index contributed by atoms with van der Waals surface area (Å²) in [4.78, 5) is 33.9. The van der Waals surface area contributed by atoms with E-state index in [0.717, 1.165) is 0 Å². The lowest BCUT2D eigenvalue weighted by atomic mass is 9.78. The lowest BCUT2D eigenvalue weighted by Crippen LogP contribution is -2.35. The van der Waals surface area contributed by atoms with Gasteiger partial charge in [-0.15, -0.1) is 9.24 Å². The van der Waals surface area contributed by atoms with E-state index in [0.29, 0.717) is 5.30 Å². The van der Waals surface area contributed by atoms with E-state index in [9.17, 15) is 18.4 Å². The fourth-order valence-corrected chi connectivity index (χ4v) is 4.36. The molecule has 0 bridgehead atoms. The Balaban J connectivity index is 2.16. The number of ether oxygens (including phenoxy) is 1. The molecule has 4 atom stereocenters. The summed E-state index contributed by atoms with van der Waals surface area (Å²) in [6.07, 6.45) is -1.69. The molecule has 1 unspecified atom stereocenters. The van der Waals surface area contributed by atoms with Gasteiger partial charge in [-0.2, -0.15) is 4.98 Å². The van der Waals surface area contributed by atoms with Gasteiger partial charge in [0.05, 0.1) is 11.8 Å². The SMILES string of the molecule is CNC[C@@H](F)C[C@H](C)[C@H](C)Oc1cc(Cl)nc(C(=O)CC(=O)C(C)(C)c2c(F)cccc2P)n1. The minimum atomic E-state index is -1.25. The maximum atomic E-state index is 14.4. The summed E-state index contributed by atoms with van der Waals surface area (Å²) >= 11 is 6.06. The standard InChI is InChI=1S/C24H31ClF2N3O3P/c1-13(9-15(26)12-28-5)14(2)33-21-11-20(25)29-23(30-21)17(31)10-19(32)24(3,4)22-16(27)7-6-8-18(22)34/h6-8,11,13-15,28H,9-10,12,34H2,1-5H3/t13-,14-,15-/m0/s1. The number of rotatable bonds is 12. The lowest BCUT2D eigenvalue weighted by molar-refractivity contribution is -0.122. The van der Waals surface area contributed by atoms with Crippen LogP contribution in [0.3, 0.4) is 0 Å². The Morgan fingerprint density at radius 3 is 2.56 bits per heavy atom. The smallest absolute Gasteiger partial charge is 0.218 e. The zero-order valence-electron chi connectivity index (χ0n) is 20.0. The first kappa shape index (κ1) is 28.2. The molecule has 1 heterocycles. The van der Waals surface area contributed by atoms with Crippen LogP contribution in [0.25, 0.3) is 0 Å². The van der Waals surface area contributed by atoms with E-state index >= 15 is 0 Å². The number of alkyl halides is 1. The molecule has 0 radical (unpaired) electrons. The molecule has 10 heteroatoms. The molecule has 34 heavy (non-hydrogen) atoms. The lowest BCUT2D eigenvalue weighted by Gasteiger charge is -2.25. The summed E-state index contributed by atoms with van der Waals surface area (Å²) in [5.74, 6) is -2.03. The summed E-state index contributed by atoms with van der Waals surface area (Å²) in [5, 5.41) is 3.30. The largest absolute Gasteiger partial charge is 0.474 e. The first-order chi connectivity index (χ1) is 15.9. The van der Waals surface area contributed by atoms with Crippen molar-refractivity contribution in [1.82, 2.24) is 15.3 Å². The van der Waals surface area contributed by atoms with Crippen LogP contribution in [0.1, 0.15) is 56.7 Å². The molecule has 0 aliphatic heterocycles. The first-order valence-corrected chi connectivity index (χ1v) is 11.9. The number of ketones is 2. The number of aromatic nitrogens is 2. The van der Waals surface area contributed by atoms with Gasteiger partial charge < -0.3 is 10.1 Å². The third-order valence-corrected chi connectivity index (χ3v) is 6.45. The van der Waals surface area contributed by atoms with Gasteiger partial charge in [-0.3, -0.25) is 9.59 Å². The molecule has 0 aliphatic carbocycles. The Morgan fingerprint density at radius 1 is 1.26 bits per heavy atom. The number of Topliss-reactive ketones (excluding diaryl/α,β-unsaturated/α-hetero) is 2. The average Bonchev–Trinajstić information content (AvgIpc) is 2.72. The highest BCUT2D eigenvalue weighted by Gasteiger charge is 2.35. The van der Waals surface area contributed by atoms with Crippen molar-refractivity contribution in [2.75, 3.05) is 13.6 Å². The molecule has 1 N–H and O–H groups in total. The Kier molecular flexibility index (Phi) is 10.0. The van der Waals surface area contributed by atoms with E-state index in [4.69, 9.17) is 16.3 Å². The normalized spacial score (nSPS) is 14.4. The molecule has 1 aromatic carbocycles. The van der Waals surface area contributed by atoms with E-state index in [2.05, 4.69) is 24.5 Å². The fourth-order valence-electron chi connectivity index (χ4n) is 3.57. The van der Waals surface area contributed by atoms with E-state index in [1.54, 1.807) is 40.0 Å².